The smallest absolute Gasteiger partial charge is 0.106 e. The molecule has 0 radical (unpaired) electrons. The monoisotopic (exact) mass is 222 g/mol. The van der Waals surface area contributed by atoms with E-state index in [1.165, 1.54) is 0 Å². The van der Waals surface area contributed by atoms with E-state index in [-0.39, 0.29) is 0 Å². The van der Waals surface area contributed by atoms with E-state index in [4.69, 9.17) is 0 Å². The lowest BCUT2D eigenvalue weighted by molar-refractivity contribution is 0.663. The van der Waals surface area contributed by atoms with Crippen molar-refractivity contribution < 1.29 is 0 Å². The van der Waals surface area contributed by atoms with Gasteiger partial charge in [0.2, 0.25) is 0 Å². The standard InChI is InChI=1S/C10H14N4S/c1-14-6-3-9(13-14)2-4-11-8-10-12-5-7-15-10/h3,5-7,11H,2,4,8H2,1H3. The fraction of sp³-hybridized carbons (Fsp3) is 0.400. The summed E-state index contributed by atoms with van der Waals surface area (Å²) in [5, 5.41) is 10.8. The van der Waals surface area contributed by atoms with E-state index >= 15 is 0 Å². The van der Waals surface area contributed by atoms with Gasteiger partial charge in [-0.25, -0.2) is 4.98 Å². The van der Waals surface area contributed by atoms with Gasteiger partial charge in [0, 0.05) is 44.3 Å². The summed E-state index contributed by atoms with van der Waals surface area (Å²) in [5.74, 6) is 0. The Morgan fingerprint density at radius 2 is 2.47 bits per heavy atom. The third-order valence-corrected chi connectivity index (χ3v) is 2.87. The van der Waals surface area contributed by atoms with Crippen LogP contribution in [0.1, 0.15) is 10.7 Å². The van der Waals surface area contributed by atoms with Crippen molar-refractivity contribution in [1.29, 1.82) is 0 Å². The fourth-order valence-corrected chi connectivity index (χ4v) is 1.93. The molecule has 0 aliphatic heterocycles. The van der Waals surface area contributed by atoms with Gasteiger partial charge in [-0.1, -0.05) is 0 Å². The van der Waals surface area contributed by atoms with E-state index in [9.17, 15) is 0 Å². The minimum Gasteiger partial charge on any atom is -0.310 e. The summed E-state index contributed by atoms with van der Waals surface area (Å²) in [6.07, 6.45) is 4.77. The molecule has 4 nitrogen and oxygen atoms in total. The molecule has 1 N–H and O–H groups in total. The lowest BCUT2D eigenvalue weighted by Gasteiger charge is -1.99. The molecule has 0 atom stereocenters. The van der Waals surface area contributed by atoms with E-state index in [0.717, 1.165) is 30.2 Å². The van der Waals surface area contributed by atoms with Gasteiger partial charge in [-0.15, -0.1) is 11.3 Å². The molecule has 15 heavy (non-hydrogen) atoms. The molecule has 0 aromatic carbocycles. The third-order valence-electron chi connectivity index (χ3n) is 2.09. The number of hydrogen-bond acceptors (Lipinski definition) is 4. The maximum atomic E-state index is 4.31. The third kappa shape index (κ3) is 3.14. The van der Waals surface area contributed by atoms with Crippen LogP contribution in [0.4, 0.5) is 0 Å². The number of aromatic nitrogens is 3. The summed E-state index contributed by atoms with van der Waals surface area (Å²) >= 11 is 1.68. The number of nitrogens with one attached hydrogen (secondary N) is 1. The van der Waals surface area contributed by atoms with E-state index in [0.29, 0.717) is 0 Å². The Kier molecular flexibility index (Phi) is 3.47. The number of thiazole rings is 1. The minimum atomic E-state index is 0.852. The van der Waals surface area contributed by atoms with E-state index < -0.39 is 0 Å². The van der Waals surface area contributed by atoms with Gasteiger partial charge in [-0.3, -0.25) is 4.68 Å². The molecule has 0 spiro atoms. The van der Waals surface area contributed by atoms with Crippen LogP contribution in [0, 0.1) is 0 Å². The van der Waals surface area contributed by atoms with Gasteiger partial charge in [-0.2, -0.15) is 5.10 Å². The Morgan fingerprint density at radius 1 is 1.53 bits per heavy atom. The summed E-state index contributed by atoms with van der Waals surface area (Å²) in [6, 6.07) is 2.05. The van der Waals surface area contributed by atoms with Crippen LogP contribution in [0.15, 0.2) is 23.8 Å². The first-order valence-electron chi connectivity index (χ1n) is 4.92. The summed E-state index contributed by atoms with van der Waals surface area (Å²) in [7, 11) is 1.94. The summed E-state index contributed by atoms with van der Waals surface area (Å²) in [4.78, 5) is 4.20. The van der Waals surface area contributed by atoms with Crippen molar-refractivity contribution in [2.24, 2.45) is 7.05 Å². The predicted molar refractivity (Wildman–Crippen MR) is 60.7 cm³/mol. The highest BCUT2D eigenvalue weighted by Gasteiger charge is 1.97. The molecular formula is C10H14N4S. The highest BCUT2D eigenvalue weighted by Crippen LogP contribution is 2.02. The van der Waals surface area contributed by atoms with Crippen LogP contribution < -0.4 is 5.32 Å². The summed E-state index contributed by atoms with van der Waals surface area (Å²) < 4.78 is 1.83. The molecular weight excluding hydrogens is 208 g/mol. The summed E-state index contributed by atoms with van der Waals surface area (Å²) in [5.41, 5.74) is 1.13. The molecule has 0 fully saturated rings. The van der Waals surface area contributed by atoms with Gasteiger partial charge in [0.25, 0.3) is 0 Å². The Morgan fingerprint density at radius 3 is 3.13 bits per heavy atom. The Bertz CT molecular complexity index is 393. The first-order valence-corrected chi connectivity index (χ1v) is 5.80. The Labute approximate surface area is 93.0 Å². The van der Waals surface area contributed by atoms with Gasteiger partial charge in [0.15, 0.2) is 0 Å². The van der Waals surface area contributed by atoms with Crippen LogP contribution in [0.2, 0.25) is 0 Å². The normalized spacial score (nSPS) is 10.7. The van der Waals surface area contributed by atoms with Crippen molar-refractivity contribution in [3.05, 3.63) is 34.5 Å². The second kappa shape index (κ2) is 5.04. The molecule has 0 amide bonds. The number of hydrogen-bond donors (Lipinski definition) is 1. The average molecular weight is 222 g/mol. The molecule has 2 aromatic heterocycles. The largest absolute Gasteiger partial charge is 0.310 e. The lowest BCUT2D eigenvalue weighted by atomic mass is 10.3. The van der Waals surface area contributed by atoms with Gasteiger partial charge < -0.3 is 5.32 Å². The SMILES string of the molecule is Cn1ccc(CCNCc2nccs2)n1. The minimum absolute atomic E-state index is 0.852. The highest BCUT2D eigenvalue weighted by molar-refractivity contribution is 7.09. The zero-order valence-electron chi connectivity index (χ0n) is 8.68. The second-order valence-corrected chi connectivity index (χ2v) is 4.31. The van der Waals surface area contributed by atoms with Crippen LogP contribution >= 0.6 is 11.3 Å². The van der Waals surface area contributed by atoms with Crippen molar-refractivity contribution in [3.63, 3.8) is 0 Å². The van der Waals surface area contributed by atoms with Gasteiger partial charge >= 0.3 is 0 Å². The molecule has 0 unspecified atom stereocenters. The quantitative estimate of drug-likeness (QED) is 0.773. The fourth-order valence-electron chi connectivity index (χ4n) is 1.35. The highest BCUT2D eigenvalue weighted by atomic mass is 32.1. The van der Waals surface area contributed by atoms with E-state index in [1.807, 2.05) is 35.6 Å². The molecule has 0 saturated carbocycles. The van der Waals surface area contributed by atoms with Crippen molar-refractivity contribution in [2.75, 3.05) is 6.54 Å². The van der Waals surface area contributed by atoms with Crippen molar-refractivity contribution in [1.82, 2.24) is 20.1 Å². The van der Waals surface area contributed by atoms with Crippen molar-refractivity contribution in [2.45, 2.75) is 13.0 Å². The first kappa shape index (κ1) is 10.3. The van der Waals surface area contributed by atoms with Crippen LogP contribution in [0.3, 0.4) is 0 Å². The molecule has 5 heteroatoms. The van der Waals surface area contributed by atoms with E-state index in [2.05, 4.69) is 15.4 Å². The molecule has 0 saturated heterocycles. The number of rotatable bonds is 5. The maximum Gasteiger partial charge on any atom is 0.106 e. The van der Waals surface area contributed by atoms with Gasteiger partial charge in [-0.05, 0) is 6.07 Å². The number of nitrogens with zero attached hydrogens (tertiary/aromatic N) is 3. The topological polar surface area (TPSA) is 42.7 Å². The Balaban J connectivity index is 1.67. The maximum absolute atomic E-state index is 4.31. The van der Waals surface area contributed by atoms with Crippen LogP contribution in [0.5, 0.6) is 0 Å². The van der Waals surface area contributed by atoms with Crippen molar-refractivity contribution >= 4 is 11.3 Å². The second-order valence-electron chi connectivity index (χ2n) is 3.33. The van der Waals surface area contributed by atoms with Crippen LogP contribution in [-0.2, 0) is 20.0 Å². The molecule has 2 aromatic rings. The molecule has 0 aliphatic rings. The van der Waals surface area contributed by atoms with Crippen molar-refractivity contribution in [3.8, 4) is 0 Å². The van der Waals surface area contributed by atoms with Crippen LogP contribution in [-0.4, -0.2) is 21.3 Å². The van der Waals surface area contributed by atoms with Gasteiger partial charge in [0.1, 0.15) is 5.01 Å². The Hall–Kier alpha value is -1.20. The van der Waals surface area contributed by atoms with Crippen LogP contribution in [0.25, 0.3) is 0 Å². The molecule has 2 rings (SSSR count). The predicted octanol–water partition coefficient (Wildman–Crippen LogP) is 1.21. The molecule has 80 valence electrons. The summed E-state index contributed by atoms with van der Waals surface area (Å²) in [6.45, 7) is 1.79. The molecule has 0 bridgehead atoms. The molecule has 2 heterocycles. The van der Waals surface area contributed by atoms with E-state index in [1.54, 1.807) is 11.3 Å². The number of aryl methyl sites for hydroxylation is 1. The first-order chi connectivity index (χ1) is 7.34. The zero-order chi connectivity index (χ0) is 10.5. The zero-order valence-corrected chi connectivity index (χ0v) is 9.50. The molecule has 0 aliphatic carbocycles. The lowest BCUT2D eigenvalue weighted by Crippen LogP contribution is -2.16. The van der Waals surface area contributed by atoms with Gasteiger partial charge in [0.05, 0.1) is 5.69 Å². The average Bonchev–Trinajstić information content (AvgIpc) is 2.84.